The van der Waals surface area contributed by atoms with Crippen molar-refractivity contribution in [1.82, 2.24) is 4.90 Å². The predicted octanol–water partition coefficient (Wildman–Crippen LogP) is 1.06. The highest BCUT2D eigenvalue weighted by Crippen LogP contribution is 1.93. The number of methoxy groups -OCH3 is 2. The molecule has 0 aliphatic carbocycles. The van der Waals surface area contributed by atoms with E-state index in [0.717, 1.165) is 26.1 Å². The molecule has 24 heavy (non-hydrogen) atoms. The predicted molar refractivity (Wildman–Crippen MR) is 93.8 cm³/mol. The smallest absolute Gasteiger partial charge is 0.0701 e. The van der Waals surface area contributed by atoms with E-state index in [4.69, 9.17) is 28.4 Å². The molecule has 0 aromatic carbocycles. The minimum atomic E-state index is 0.614. The maximum absolute atomic E-state index is 5.59. The van der Waals surface area contributed by atoms with Crippen LogP contribution in [0.2, 0.25) is 0 Å². The first-order valence-corrected chi connectivity index (χ1v) is 8.86. The maximum atomic E-state index is 5.59. The number of hydrogen-bond acceptors (Lipinski definition) is 7. The second kappa shape index (κ2) is 20.8. The molecular formula is C17H37NO6. The van der Waals surface area contributed by atoms with Gasteiger partial charge < -0.3 is 28.4 Å². The van der Waals surface area contributed by atoms with Crippen molar-refractivity contribution in [1.29, 1.82) is 0 Å². The number of hydrogen-bond donors (Lipinski definition) is 0. The van der Waals surface area contributed by atoms with E-state index < -0.39 is 0 Å². The second-order valence-electron chi connectivity index (χ2n) is 5.28. The van der Waals surface area contributed by atoms with E-state index in [9.17, 15) is 0 Å². The van der Waals surface area contributed by atoms with Gasteiger partial charge in [-0.2, -0.15) is 0 Å². The molecule has 0 radical (unpaired) electrons. The van der Waals surface area contributed by atoms with Gasteiger partial charge in [0.2, 0.25) is 0 Å². The number of rotatable bonds is 20. The van der Waals surface area contributed by atoms with Crippen LogP contribution in [0, 0.1) is 0 Å². The summed E-state index contributed by atoms with van der Waals surface area (Å²) in [4.78, 5) is 2.36. The lowest BCUT2D eigenvalue weighted by Gasteiger charge is -2.21. The summed E-state index contributed by atoms with van der Waals surface area (Å²) >= 11 is 0. The fourth-order valence-corrected chi connectivity index (χ4v) is 1.97. The molecule has 0 saturated carbocycles. The van der Waals surface area contributed by atoms with Crippen LogP contribution in [0.15, 0.2) is 0 Å². The summed E-state index contributed by atoms with van der Waals surface area (Å²) in [7, 11) is 3.33. The molecule has 7 heteroatoms. The van der Waals surface area contributed by atoms with Crippen LogP contribution in [0.25, 0.3) is 0 Å². The van der Waals surface area contributed by atoms with Crippen molar-refractivity contribution in [3.63, 3.8) is 0 Å². The highest BCUT2D eigenvalue weighted by molar-refractivity contribution is 4.56. The Balaban J connectivity index is 3.43. The first-order valence-electron chi connectivity index (χ1n) is 8.86. The lowest BCUT2D eigenvalue weighted by Crippen LogP contribution is -2.32. The minimum Gasteiger partial charge on any atom is -0.382 e. The standard InChI is InChI=1S/C17H37NO6/c1-4-5-18(6-8-21-14-16-23-12-10-19-2)7-9-22-15-17-24-13-11-20-3/h4-17H2,1-3H3. The lowest BCUT2D eigenvalue weighted by atomic mass is 10.4. The van der Waals surface area contributed by atoms with Crippen molar-refractivity contribution in [2.75, 3.05) is 99.9 Å². The molecule has 0 heterocycles. The molecule has 0 bridgehead atoms. The first kappa shape index (κ1) is 23.7. The van der Waals surface area contributed by atoms with Crippen molar-refractivity contribution < 1.29 is 28.4 Å². The van der Waals surface area contributed by atoms with E-state index in [2.05, 4.69) is 11.8 Å². The Morgan fingerprint density at radius 1 is 0.500 bits per heavy atom. The molecule has 0 aromatic heterocycles. The van der Waals surface area contributed by atoms with Crippen molar-refractivity contribution >= 4 is 0 Å². The molecule has 0 spiro atoms. The lowest BCUT2D eigenvalue weighted by molar-refractivity contribution is 0.00941. The van der Waals surface area contributed by atoms with Crippen LogP contribution in [0.5, 0.6) is 0 Å². The number of ether oxygens (including phenoxy) is 6. The SMILES string of the molecule is CCCN(CCOCCOCCOC)CCOCCOCCOC. The molecule has 0 aliphatic heterocycles. The van der Waals surface area contributed by atoms with Crippen LogP contribution in [0.1, 0.15) is 13.3 Å². The Bertz CT molecular complexity index is 213. The van der Waals surface area contributed by atoms with Crippen LogP contribution in [-0.4, -0.2) is 105 Å². The Morgan fingerprint density at radius 3 is 1.25 bits per heavy atom. The summed E-state index contributed by atoms with van der Waals surface area (Å²) in [6, 6.07) is 0. The molecule has 7 nitrogen and oxygen atoms in total. The van der Waals surface area contributed by atoms with Gasteiger partial charge in [0.25, 0.3) is 0 Å². The minimum absolute atomic E-state index is 0.614. The van der Waals surface area contributed by atoms with Gasteiger partial charge in [-0.1, -0.05) is 6.92 Å². The van der Waals surface area contributed by atoms with Crippen molar-refractivity contribution in [2.45, 2.75) is 13.3 Å². The van der Waals surface area contributed by atoms with Gasteiger partial charge in [0.15, 0.2) is 0 Å². The van der Waals surface area contributed by atoms with Crippen molar-refractivity contribution in [3.05, 3.63) is 0 Å². The van der Waals surface area contributed by atoms with Crippen LogP contribution < -0.4 is 0 Å². The summed E-state index contributed by atoms with van der Waals surface area (Å²) in [6.45, 7) is 11.5. The molecule has 0 fully saturated rings. The fourth-order valence-electron chi connectivity index (χ4n) is 1.97. The molecule has 0 aromatic rings. The van der Waals surface area contributed by atoms with E-state index in [0.29, 0.717) is 66.1 Å². The van der Waals surface area contributed by atoms with E-state index in [1.165, 1.54) is 0 Å². The van der Waals surface area contributed by atoms with E-state index >= 15 is 0 Å². The quantitative estimate of drug-likeness (QED) is 0.304. The molecule has 0 saturated heterocycles. The van der Waals surface area contributed by atoms with Gasteiger partial charge in [-0.15, -0.1) is 0 Å². The third-order valence-electron chi connectivity index (χ3n) is 3.25. The topological polar surface area (TPSA) is 58.6 Å². The van der Waals surface area contributed by atoms with E-state index in [-0.39, 0.29) is 0 Å². The second-order valence-corrected chi connectivity index (χ2v) is 5.28. The highest BCUT2D eigenvalue weighted by atomic mass is 16.5. The average Bonchev–Trinajstić information content (AvgIpc) is 2.59. The Morgan fingerprint density at radius 2 is 0.875 bits per heavy atom. The summed E-state index contributed by atoms with van der Waals surface area (Å²) in [5, 5.41) is 0. The summed E-state index contributed by atoms with van der Waals surface area (Å²) < 4.78 is 31.7. The van der Waals surface area contributed by atoms with Crippen LogP contribution in [0.3, 0.4) is 0 Å². The van der Waals surface area contributed by atoms with Gasteiger partial charge in [0, 0.05) is 27.3 Å². The zero-order chi connectivity index (χ0) is 17.7. The number of nitrogens with zero attached hydrogens (tertiary/aromatic N) is 1. The van der Waals surface area contributed by atoms with Gasteiger partial charge in [0.05, 0.1) is 66.1 Å². The normalized spacial score (nSPS) is 11.5. The van der Waals surface area contributed by atoms with Crippen molar-refractivity contribution in [3.8, 4) is 0 Å². The molecular weight excluding hydrogens is 314 g/mol. The van der Waals surface area contributed by atoms with E-state index in [1.807, 2.05) is 0 Å². The zero-order valence-corrected chi connectivity index (χ0v) is 15.8. The first-order chi connectivity index (χ1) is 11.8. The van der Waals surface area contributed by atoms with Crippen LogP contribution in [-0.2, 0) is 28.4 Å². The largest absolute Gasteiger partial charge is 0.382 e. The monoisotopic (exact) mass is 351 g/mol. The Kier molecular flexibility index (Phi) is 20.5. The zero-order valence-electron chi connectivity index (χ0n) is 15.8. The summed E-state index contributed by atoms with van der Waals surface area (Å²) in [6.07, 6.45) is 1.13. The van der Waals surface area contributed by atoms with Gasteiger partial charge in [-0.25, -0.2) is 0 Å². The third-order valence-corrected chi connectivity index (χ3v) is 3.25. The molecule has 146 valence electrons. The third kappa shape index (κ3) is 18.1. The van der Waals surface area contributed by atoms with Gasteiger partial charge in [-0.05, 0) is 13.0 Å². The van der Waals surface area contributed by atoms with Gasteiger partial charge in [-0.3, -0.25) is 4.90 Å². The summed E-state index contributed by atoms with van der Waals surface area (Å²) in [5.41, 5.74) is 0. The van der Waals surface area contributed by atoms with Crippen LogP contribution in [0.4, 0.5) is 0 Å². The maximum Gasteiger partial charge on any atom is 0.0701 e. The van der Waals surface area contributed by atoms with Crippen molar-refractivity contribution in [2.24, 2.45) is 0 Å². The molecule has 0 rings (SSSR count). The molecule has 0 N–H and O–H groups in total. The Labute approximate surface area is 147 Å². The Hall–Kier alpha value is -0.280. The molecule has 0 atom stereocenters. The fraction of sp³-hybridized carbons (Fsp3) is 1.00. The highest BCUT2D eigenvalue weighted by Gasteiger charge is 2.03. The van der Waals surface area contributed by atoms with E-state index in [1.54, 1.807) is 14.2 Å². The summed E-state index contributed by atoms with van der Waals surface area (Å²) in [5.74, 6) is 0. The molecule has 0 amide bonds. The molecule has 0 unspecified atom stereocenters. The molecule has 0 aliphatic rings. The average molecular weight is 351 g/mol. The van der Waals surface area contributed by atoms with Gasteiger partial charge in [0.1, 0.15) is 0 Å². The van der Waals surface area contributed by atoms with Gasteiger partial charge >= 0.3 is 0 Å². The van der Waals surface area contributed by atoms with Crippen LogP contribution >= 0.6 is 0 Å².